The van der Waals surface area contributed by atoms with Crippen molar-refractivity contribution in [2.75, 3.05) is 0 Å². The fourth-order valence-corrected chi connectivity index (χ4v) is 0. The Hall–Kier alpha value is 0.246. The van der Waals surface area contributed by atoms with Gasteiger partial charge in [0.1, 0.15) is 0 Å². The molecule has 0 aliphatic heterocycles. The molecule has 81 valence electrons. The zero-order chi connectivity index (χ0) is 3.58. The maximum atomic E-state index is 8.36. The van der Waals surface area contributed by atoms with Crippen molar-refractivity contribution < 1.29 is 81.8 Å². The van der Waals surface area contributed by atoms with Gasteiger partial charge < -0.3 is 38.1 Å². The second kappa shape index (κ2) is 83.1. The molecule has 0 heterocycles. The van der Waals surface area contributed by atoms with Gasteiger partial charge in [0.05, 0.1) is 0 Å². The normalized spacial score (nSPS) is 2.18. The van der Waals surface area contributed by atoms with Gasteiger partial charge in [-0.3, -0.25) is 0 Å². The minimum atomic E-state index is -1.50. The molecule has 11 heavy (non-hydrogen) atoms. The first kappa shape index (κ1) is 112. The Labute approximate surface area is 91.6 Å². The average Bonchev–Trinajstić information content (AvgIpc) is 0.811. The summed E-state index contributed by atoms with van der Waals surface area (Å²) >= 11 is 0. The van der Waals surface area contributed by atoms with Gasteiger partial charge in [0.25, 0.3) is 5.09 Å². The molecule has 0 aromatic rings. The molecule has 13 N–H and O–H groups in total. The second-order valence-electron chi connectivity index (χ2n) is 0.238. The van der Waals surface area contributed by atoms with Crippen molar-refractivity contribution in [3.8, 4) is 0 Å². The Morgan fingerprint density at radius 2 is 0.909 bits per heavy atom. The molecule has 1 radical (unpaired) electrons. The van der Waals surface area contributed by atoms with Crippen molar-refractivity contribution in [3.63, 3.8) is 0 Å². The summed E-state index contributed by atoms with van der Waals surface area (Å²) in [4.78, 5) is 8.36. The first-order valence-electron chi connectivity index (χ1n) is 0.565. The van der Waals surface area contributed by atoms with Crippen LogP contribution in [-0.4, -0.2) is 43.2 Å². The molecule has 0 fully saturated rings. The van der Waals surface area contributed by atoms with Crippen LogP contribution in [0, 0.1) is 48.7 Å². The van der Waals surface area contributed by atoms with Gasteiger partial charge in [-0.15, -0.1) is 10.1 Å². The van der Waals surface area contributed by atoms with Crippen molar-refractivity contribution in [3.05, 3.63) is 10.1 Å². The van der Waals surface area contributed by atoms with Crippen LogP contribution in [-0.2, 0) is 0 Å². The van der Waals surface area contributed by atoms with Gasteiger partial charge in [0, 0.05) is 38.6 Å². The molecule has 11 heteroatoms. The van der Waals surface area contributed by atoms with Crippen LogP contribution in [0.4, 0.5) is 0 Å². The second-order valence-corrected chi connectivity index (χ2v) is 0.238. The van der Waals surface area contributed by atoms with Crippen LogP contribution in [0.1, 0.15) is 0 Å². The molecule has 0 saturated carbocycles. The first-order chi connectivity index (χ1) is 1.73. The molecule has 0 spiro atoms. The van der Waals surface area contributed by atoms with Gasteiger partial charge in [0.15, 0.2) is 0 Å². The SMILES string of the molecule is O.O.O.O.O.O.O=[N+]([O-])O.[Tb]. The summed E-state index contributed by atoms with van der Waals surface area (Å²) < 4.78 is 0. The predicted molar refractivity (Wildman–Crippen MR) is 30.5 cm³/mol. The summed E-state index contributed by atoms with van der Waals surface area (Å²) in [6.45, 7) is 0. The van der Waals surface area contributed by atoms with Gasteiger partial charge >= 0.3 is 0 Å². The van der Waals surface area contributed by atoms with Crippen LogP contribution in [0.5, 0.6) is 0 Å². The fraction of sp³-hybridized carbons (Fsp3) is 0. The quantitative estimate of drug-likeness (QED) is 0.337. The van der Waals surface area contributed by atoms with Crippen molar-refractivity contribution >= 4 is 0 Å². The Bertz CT molecular complexity index is 32.5. The van der Waals surface area contributed by atoms with E-state index < -0.39 is 5.09 Å². The number of hydrogen-bond acceptors (Lipinski definition) is 2. The van der Waals surface area contributed by atoms with E-state index in [0.29, 0.717) is 0 Å². The molecular formula is H13NO9Tb. The third-order valence-corrected chi connectivity index (χ3v) is 0. The van der Waals surface area contributed by atoms with E-state index in [2.05, 4.69) is 0 Å². The molecule has 0 saturated heterocycles. The van der Waals surface area contributed by atoms with E-state index in [4.69, 9.17) is 15.3 Å². The largest absolute Gasteiger partial charge is 0.412 e. The summed E-state index contributed by atoms with van der Waals surface area (Å²) in [5.41, 5.74) is 0. The Kier molecular flexibility index (Phi) is 847. The molecule has 0 aromatic carbocycles. The van der Waals surface area contributed by atoms with E-state index in [1.54, 1.807) is 0 Å². The fourth-order valence-electron chi connectivity index (χ4n) is 0. The Morgan fingerprint density at radius 3 is 0.909 bits per heavy atom. The van der Waals surface area contributed by atoms with Crippen LogP contribution in [0.25, 0.3) is 0 Å². The summed E-state index contributed by atoms with van der Waals surface area (Å²) in [7, 11) is 0. The molecule has 0 bridgehead atoms. The summed E-state index contributed by atoms with van der Waals surface area (Å²) in [6.07, 6.45) is 0. The Morgan fingerprint density at radius 1 is 0.909 bits per heavy atom. The molecule has 0 rings (SSSR count). The first-order valence-corrected chi connectivity index (χ1v) is 0.565. The number of nitrogens with zero attached hydrogens (tertiary/aromatic N) is 1. The minimum Gasteiger partial charge on any atom is -0.412 e. The van der Waals surface area contributed by atoms with Crippen molar-refractivity contribution in [1.82, 2.24) is 0 Å². The molecule has 0 atom stereocenters. The van der Waals surface area contributed by atoms with Crippen molar-refractivity contribution in [1.29, 1.82) is 0 Å². The minimum absolute atomic E-state index is 0. The van der Waals surface area contributed by atoms with Gasteiger partial charge in [-0.05, 0) is 0 Å². The van der Waals surface area contributed by atoms with Gasteiger partial charge in [-0.1, -0.05) is 0 Å². The summed E-state index contributed by atoms with van der Waals surface area (Å²) in [5, 5.41) is 13.6. The smallest absolute Gasteiger partial charge is 0.291 e. The van der Waals surface area contributed by atoms with Crippen molar-refractivity contribution in [2.24, 2.45) is 0 Å². The number of hydrogen-bond donors (Lipinski definition) is 1. The zero-order valence-electron chi connectivity index (χ0n) is 5.04. The molecule has 0 aromatic heterocycles. The van der Waals surface area contributed by atoms with E-state index in [1.807, 2.05) is 0 Å². The summed E-state index contributed by atoms with van der Waals surface area (Å²) in [6, 6.07) is 0. The standard InChI is InChI=1S/HNO3.6H2O.Tb/c2-1(3)4;;;;;;;/h(H,2,3,4);6*1H2;. The molecule has 0 unspecified atom stereocenters. The average molecular weight is 330 g/mol. The van der Waals surface area contributed by atoms with E-state index >= 15 is 0 Å². The van der Waals surface area contributed by atoms with Crippen LogP contribution in [0.2, 0.25) is 0 Å². The monoisotopic (exact) mass is 330 g/mol. The predicted octanol–water partition coefficient (Wildman–Crippen LogP) is -5.30. The van der Waals surface area contributed by atoms with Crippen LogP contribution in [0.3, 0.4) is 0 Å². The molecule has 0 amide bonds. The molecule has 10 nitrogen and oxygen atoms in total. The van der Waals surface area contributed by atoms with E-state index in [1.165, 1.54) is 0 Å². The maximum Gasteiger partial charge on any atom is 0.291 e. The maximum absolute atomic E-state index is 8.36. The van der Waals surface area contributed by atoms with E-state index in [0.717, 1.165) is 0 Å². The molecule has 0 aliphatic carbocycles. The Balaban J connectivity index is -0.00000000214. The van der Waals surface area contributed by atoms with Crippen LogP contribution >= 0.6 is 0 Å². The van der Waals surface area contributed by atoms with E-state index in [-0.39, 0.29) is 71.5 Å². The zero-order valence-corrected chi connectivity index (χ0v) is 7.18. The topological polar surface area (TPSA) is 252 Å². The van der Waals surface area contributed by atoms with Crippen molar-refractivity contribution in [2.45, 2.75) is 0 Å². The third-order valence-electron chi connectivity index (χ3n) is 0. The third kappa shape index (κ3) is 11500. The number of rotatable bonds is 0. The molecule has 0 aliphatic rings. The van der Waals surface area contributed by atoms with Crippen LogP contribution in [0.15, 0.2) is 0 Å². The molecular weight excluding hydrogens is 317 g/mol. The summed E-state index contributed by atoms with van der Waals surface area (Å²) in [5.74, 6) is 0. The van der Waals surface area contributed by atoms with Gasteiger partial charge in [-0.2, -0.15) is 0 Å². The van der Waals surface area contributed by atoms with Crippen LogP contribution < -0.4 is 0 Å². The van der Waals surface area contributed by atoms with E-state index in [9.17, 15) is 0 Å². The van der Waals surface area contributed by atoms with Gasteiger partial charge in [-0.25, -0.2) is 0 Å². The van der Waals surface area contributed by atoms with Gasteiger partial charge in [0.2, 0.25) is 0 Å².